The average molecular weight is 331 g/mol. The molecule has 3 rings (SSSR count). The van der Waals surface area contributed by atoms with Crippen LogP contribution in [-0.2, 0) is 4.79 Å². The molecule has 1 amide bonds. The first-order valence-corrected chi connectivity index (χ1v) is 8.15. The number of pyridine rings is 1. The Morgan fingerprint density at radius 3 is 2.78 bits per heavy atom. The first kappa shape index (κ1) is 15.9. The molecular weight excluding hydrogens is 312 g/mol. The maximum atomic E-state index is 11.8. The molecule has 1 fully saturated rings. The van der Waals surface area contributed by atoms with Gasteiger partial charge in [-0.25, -0.2) is 9.97 Å². The molecule has 1 aliphatic heterocycles. The van der Waals surface area contributed by atoms with Crippen molar-refractivity contribution >= 4 is 17.5 Å². The fourth-order valence-electron chi connectivity index (χ4n) is 3.02. The summed E-state index contributed by atoms with van der Waals surface area (Å²) in [5, 5.41) is 0.406. The van der Waals surface area contributed by atoms with E-state index in [1.807, 2.05) is 23.1 Å². The van der Waals surface area contributed by atoms with Crippen molar-refractivity contribution in [3.05, 3.63) is 41.4 Å². The summed E-state index contributed by atoms with van der Waals surface area (Å²) in [5.41, 5.74) is 1.49. The number of aromatic nitrogens is 3. The van der Waals surface area contributed by atoms with Gasteiger partial charge in [-0.3, -0.25) is 9.78 Å². The molecule has 2 atom stereocenters. The summed E-state index contributed by atoms with van der Waals surface area (Å²) in [6.07, 6.45) is 3.62. The van der Waals surface area contributed by atoms with Crippen LogP contribution >= 0.6 is 11.6 Å². The molecule has 0 aliphatic carbocycles. The lowest BCUT2D eigenvalue weighted by molar-refractivity contribution is -0.132. The zero-order chi connectivity index (χ0) is 16.4. The van der Waals surface area contributed by atoms with Crippen LogP contribution < -0.4 is 0 Å². The molecule has 1 saturated heterocycles. The maximum Gasteiger partial charge on any atom is 0.219 e. The molecule has 0 N–H and O–H groups in total. The van der Waals surface area contributed by atoms with E-state index < -0.39 is 0 Å². The van der Waals surface area contributed by atoms with Crippen molar-refractivity contribution in [2.45, 2.75) is 38.6 Å². The fraction of sp³-hybridized carbons (Fsp3) is 0.412. The number of piperidine rings is 1. The van der Waals surface area contributed by atoms with Gasteiger partial charge in [0.05, 0.1) is 11.4 Å². The maximum absolute atomic E-state index is 11.8. The van der Waals surface area contributed by atoms with Crippen LogP contribution in [0.25, 0.3) is 11.4 Å². The highest BCUT2D eigenvalue weighted by Crippen LogP contribution is 2.30. The van der Waals surface area contributed by atoms with Crippen molar-refractivity contribution in [3.63, 3.8) is 0 Å². The van der Waals surface area contributed by atoms with Gasteiger partial charge in [-0.1, -0.05) is 17.7 Å². The molecule has 2 aromatic heterocycles. The molecule has 0 unspecified atom stereocenters. The number of halogens is 1. The molecule has 6 heteroatoms. The molecule has 23 heavy (non-hydrogen) atoms. The number of amides is 1. The highest BCUT2D eigenvalue weighted by Gasteiger charge is 2.30. The highest BCUT2D eigenvalue weighted by molar-refractivity contribution is 6.29. The van der Waals surface area contributed by atoms with Crippen LogP contribution in [0, 0.1) is 0 Å². The van der Waals surface area contributed by atoms with E-state index in [2.05, 4.69) is 21.9 Å². The lowest BCUT2D eigenvalue weighted by atomic mass is 9.92. The normalized spacial score (nSPS) is 21.3. The van der Waals surface area contributed by atoms with Crippen LogP contribution in [0.5, 0.6) is 0 Å². The zero-order valence-electron chi connectivity index (χ0n) is 13.2. The molecular formula is C17H19ClN4O. The number of nitrogens with zero attached hydrogens (tertiary/aromatic N) is 4. The zero-order valence-corrected chi connectivity index (χ0v) is 14.0. The van der Waals surface area contributed by atoms with Crippen LogP contribution in [0.4, 0.5) is 0 Å². The second-order valence-corrected chi connectivity index (χ2v) is 6.33. The number of carbonyl (C=O) groups excluding carboxylic acids is 1. The summed E-state index contributed by atoms with van der Waals surface area (Å²) < 4.78 is 0. The Morgan fingerprint density at radius 2 is 2.09 bits per heavy atom. The molecule has 120 valence electrons. The van der Waals surface area contributed by atoms with Gasteiger partial charge in [0.15, 0.2) is 0 Å². The number of rotatable bonds is 2. The smallest absolute Gasteiger partial charge is 0.219 e. The van der Waals surface area contributed by atoms with Gasteiger partial charge in [-0.2, -0.15) is 0 Å². The van der Waals surface area contributed by atoms with Crippen molar-refractivity contribution in [1.82, 2.24) is 19.9 Å². The van der Waals surface area contributed by atoms with E-state index in [4.69, 9.17) is 11.6 Å². The minimum atomic E-state index is 0.0918. The molecule has 0 saturated carbocycles. The molecule has 1 aliphatic rings. The van der Waals surface area contributed by atoms with Gasteiger partial charge in [-0.05, 0) is 31.9 Å². The fourth-order valence-corrected chi connectivity index (χ4v) is 3.21. The Kier molecular flexibility index (Phi) is 4.57. The molecule has 2 aromatic rings. The minimum Gasteiger partial charge on any atom is -0.340 e. The molecule has 5 nitrogen and oxygen atoms in total. The van der Waals surface area contributed by atoms with Crippen LogP contribution in [0.2, 0.25) is 5.15 Å². The summed E-state index contributed by atoms with van der Waals surface area (Å²) >= 11 is 6.19. The molecule has 0 spiro atoms. The van der Waals surface area contributed by atoms with E-state index in [0.29, 0.717) is 23.2 Å². The van der Waals surface area contributed by atoms with Gasteiger partial charge >= 0.3 is 0 Å². The van der Waals surface area contributed by atoms with E-state index >= 15 is 0 Å². The van der Waals surface area contributed by atoms with E-state index in [1.165, 1.54) is 0 Å². The summed E-state index contributed by atoms with van der Waals surface area (Å²) in [4.78, 5) is 27.0. The Morgan fingerprint density at radius 1 is 1.26 bits per heavy atom. The van der Waals surface area contributed by atoms with Gasteiger partial charge in [-0.15, -0.1) is 0 Å². The van der Waals surface area contributed by atoms with Crippen molar-refractivity contribution in [3.8, 4) is 11.4 Å². The largest absolute Gasteiger partial charge is 0.340 e. The monoisotopic (exact) mass is 330 g/mol. The molecule has 0 radical (unpaired) electrons. The van der Waals surface area contributed by atoms with Crippen molar-refractivity contribution in [2.24, 2.45) is 0 Å². The summed E-state index contributed by atoms with van der Waals surface area (Å²) in [6, 6.07) is 7.66. The number of hydrogen-bond acceptors (Lipinski definition) is 4. The number of likely N-dealkylation sites (tertiary alicyclic amines) is 1. The Bertz CT molecular complexity index is 707. The van der Waals surface area contributed by atoms with Crippen LogP contribution in [-0.4, -0.2) is 38.3 Å². The first-order valence-electron chi connectivity index (χ1n) is 7.77. The molecule has 0 aromatic carbocycles. The predicted octanol–water partition coefficient (Wildman–Crippen LogP) is 3.31. The van der Waals surface area contributed by atoms with Crippen LogP contribution in [0.1, 0.15) is 38.4 Å². The van der Waals surface area contributed by atoms with Crippen molar-refractivity contribution in [1.29, 1.82) is 0 Å². The topological polar surface area (TPSA) is 59.0 Å². The van der Waals surface area contributed by atoms with E-state index in [9.17, 15) is 4.79 Å². The third kappa shape index (κ3) is 3.50. The quantitative estimate of drug-likeness (QED) is 0.793. The van der Waals surface area contributed by atoms with Gasteiger partial charge in [0.2, 0.25) is 5.91 Å². The van der Waals surface area contributed by atoms with Crippen LogP contribution in [0.15, 0.2) is 30.5 Å². The highest BCUT2D eigenvalue weighted by atomic mass is 35.5. The Hall–Kier alpha value is -2.01. The van der Waals surface area contributed by atoms with E-state index in [0.717, 1.165) is 18.5 Å². The van der Waals surface area contributed by atoms with Gasteiger partial charge < -0.3 is 4.90 Å². The number of hydrogen-bond donors (Lipinski definition) is 0. The minimum absolute atomic E-state index is 0.0918. The van der Waals surface area contributed by atoms with Gasteiger partial charge in [0, 0.05) is 37.7 Å². The van der Waals surface area contributed by atoms with E-state index in [-0.39, 0.29) is 17.9 Å². The lowest BCUT2D eigenvalue weighted by Crippen LogP contribution is -2.44. The van der Waals surface area contributed by atoms with Crippen molar-refractivity contribution < 1.29 is 4.79 Å². The second kappa shape index (κ2) is 6.62. The predicted molar refractivity (Wildman–Crippen MR) is 89.1 cm³/mol. The summed E-state index contributed by atoms with van der Waals surface area (Å²) in [5.74, 6) is 0.891. The van der Waals surface area contributed by atoms with E-state index in [1.54, 1.807) is 19.2 Å². The van der Waals surface area contributed by atoms with Gasteiger partial charge in [0.25, 0.3) is 0 Å². The summed E-state index contributed by atoms with van der Waals surface area (Å²) in [6.45, 7) is 4.32. The first-order chi connectivity index (χ1) is 11.0. The second-order valence-electron chi connectivity index (χ2n) is 5.94. The summed E-state index contributed by atoms with van der Waals surface area (Å²) in [7, 11) is 0. The van der Waals surface area contributed by atoms with Crippen molar-refractivity contribution in [2.75, 3.05) is 6.54 Å². The molecule has 3 heterocycles. The van der Waals surface area contributed by atoms with Crippen LogP contribution in [0.3, 0.4) is 0 Å². The SMILES string of the molecule is CC(=O)N1C[C@H](c2nc(Cl)cc(-c3ccccn3)n2)CC[C@@H]1C. The lowest BCUT2D eigenvalue weighted by Gasteiger charge is -2.36. The van der Waals surface area contributed by atoms with Gasteiger partial charge in [0.1, 0.15) is 11.0 Å². The Balaban J connectivity index is 1.91. The third-order valence-electron chi connectivity index (χ3n) is 4.29. The standard InChI is InChI=1S/C17H19ClN4O/c1-11-6-7-13(10-22(11)12(2)23)17-20-15(9-16(18)21-17)14-5-3-4-8-19-14/h3-5,8-9,11,13H,6-7,10H2,1-2H3/t11-,13+/m0/s1. The Labute approximate surface area is 140 Å². The number of carbonyl (C=O) groups is 1. The third-order valence-corrected chi connectivity index (χ3v) is 4.48. The average Bonchev–Trinajstić information content (AvgIpc) is 2.55. The molecule has 0 bridgehead atoms.